The van der Waals surface area contributed by atoms with E-state index in [1.807, 2.05) is 31.9 Å². The normalized spacial score (nSPS) is 25.5. The highest BCUT2D eigenvalue weighted by atomic mass is 16.7. The number of nitrogens with one attached hydrogen (secondary N) is 1. The smallest absolute Gasteiger partial charge is 0.444 e. The van der Waals surface area contributed by atoms with Gasteiger partial charge in [-0.1, -0.05) is 30.3 Å². The maximum atomic E-state index is 13.2. The molecule has 2 saturated heterocycles. The lowest BCUT2D eigenvalue weighted by molar-refractivity contribution is 0.00578. The largest absolute Gasteiger partial charge is 0.494 e. The van der Waals surface area contributed by atoms with E-state index in [4.69, 9.17) is 19.0 Å². The van der Waals surface area contributed by atoms with Crippen LogP contribution in [0, 0.1) is 5.92 Å². The van der Waals surface area contributed by atoms with Gasteiger partial charge >= 0.3 is 13.2 Å². The molecule has 220 valence electrons. The second kappa shape index (κ2) is 9.45. The van der Waals surface area contributed by atoms with Gasteiger partial charge in [-0.2, -0.15) is 0 Å². The van der Waals surface area contributed by atoms with Gasteiger partial charge in [-0.05, 0) is 126 Å². The third-order valence-corrected chi connectivity index (χ3v) is 10.1. The van der Waals surface area contributed by atoms with Crippen LogP contribution in [0.1, 0.15) is 90.7 Å². The summed E-state index contributed by atoms with van der Waals surface area (Å²) >= 11 is 0. The van der Waals surface area contributed by atoms with Crippen molar-refractivity contribution in [3.8, 4) is 22.4 Å². The summed E-state index contributed by atoms with van der Waals surface area (Å²) in [6.07, 6.45) is 6.83. The van der Waals surface area contributed by atoms with Crippen LogP contribution >= 0.6 is 0 Å². The lowest BCUT2D eigenvalue weighted by Gasteiger charge is -2.35. The molecule has 42 heavy (non-hydrogen) atoms. The number of fused-ring (bicyclic) bond motifs is 5. The van der Waals surface area contributed by atoms with Crippen molar-refractivity contribution in [2.75, 3.05) is 0 Å². The molecule has 3 aromatic rings. The van der Waals surface area contributed by atoms with Crippen LogP contribution in [0.2, 0.25) is 0 Å². The number of carbonyl (C=O) groups excluding carboxylic acids is 1. The third kappa shape index (κ3) is 4.58. The summed E-state index contributed by atoms with van der Waals surface area (Å²) in [5, 5.41) is 0. The molecule has 0 radical (unpaired) electrons. The first-order valence-electron chi connectivity index (χ1n) is 15.5. The highest BCUT2D eigenvalue weighted by Crippen LogP contribution is 2.50. The molecule has 8 heteroatoms. The van der Waals surface area contributed by atoms with Gasteiger partial charge in [0.05, 0.1) is 29.1 Å². The summed E-state index contributed by atoms with van der Waals surface area (Å²) in [6, 6.07) is 13.5. The SMILES string of the molecule is CC(C)(C)OC(=O)N1C2CCC(C2)[C@H]1c1ncc(-c2ccc3c(c2)CCc2cc(B4OC(C)(C)C(C)(C)O4)ccc2-3)[nH]1. The molecule has 7 rings (SSSR count). The average Bonchev–Trinajstić information content (AvgIpc) is 3.70. The van der Waals surface area contributed by atoms with E-state index in [1.165, 1.54) is 22.3 Å². The molecule has 1 saturated carbocycles. The van der Waals surface area contributed by atoms with E-state index in [0.717, 1.165) is 54.6 Å². The molecule has 0 spiro atoms. The second-order valence-electron chi connectivity index (χ2n) is 14.6. The molecule has 2 bridgehead atoms. The van der Waals surface area contributed by atoms with Crippen LogP contribution in [0.25, 0.3) is 22.4 Å². The van der Waals surface area contributed by atoms with Gasteiger partial charge in [-0.25, -0.2) is 9.78 Å². The van der Waals surface area contributed by atoms with Gasteiger partial charge < -0.3 is 19.0 Å². The Kier molecular flexibility index (Phi) is 6.24. The van der Waals surface area contributed by atoms with Gasteiger partial charge in [0.2, 0.25) is 0 Å². The quantitative estimate of drug-likeness (QED) is 0.361. The maximum absolute atomic E-state index is 13.2. The minimum atomic E-state index is -0.521. The monoisotopic (exact) mass is 567 g/mol. The van der Waals surface area contributed by atoms with Crippen molar-refractivity contribution in [3.63, 3.8) is 0 Å². The van der Waals surface area contributed by atoms with E-state index in [9.17, 15) is 4.79 Å². The average molecular weight is 568 g/mol. The standard InChI is InChI=1S/C34H42BN3O4/c1-32(2,3)40-31(39)38-25-13-10-23(18-25)29(38)30-36-19-28(37-30)22-11-14-26-20(16-22)8-9-21-17-24(12-15-27(21)26)35-41-33(4,5)34(6,7)42-35/h11-12,14-17,19,23,25,29H,8-10,13,18H2,1-7H3,(H,36,37)/t23?,25?,29-/m0/s1. The number of imidazole rings is 1. The van der Waals surface area contributed by atoms with Crippen LogP contribution in [-0.4, -0.2) is 50.9 Å². The summed E-state index contributed by atoms with van der Waals surface area (Å²) in [7, 11) is -0.347. The number of carbonyl (C=O) groups is 1. The number of hydrogen-bond acceptors (Lipinski definition) is 5. The van der Waals surface area contributed by atoms with Gasteiger partial charge in [0.1, 0.15) is 11.4 Å². The summed E-state index contributed by atoms with van der Waals surface area (Å²) in [6.45, 7) is 14.1. The number of benzene rings is 2. The molecule has 2 aliphatic carbocycles. The molecule has 7 nitrogen and oxygen atoms in total. The number of piperidine rings is 1. The molecule has 3 heterocycles. The molecule has 1 aromatic heterocycles. The Morgan fingerprint density at radius 3 is 2.36 bits per heavy atom. The summed E-state index contributed by atoms with van der Waals surface area (Å²) in [5.41, 5.74) is 7.21. The van der Waals surface area contributed by atoms with Gasteiger partial charge in [0, 0.05) is 6.04 Å². The molecular weight excluding hydrogens is 525 g/mol. The second-order valence-corrected chi connectivity index (χ2v) is 14.6. The van der Waals surface area contributed by atoms with Crippen molar-refractivity contribution in [1.29, 1.82) is 0 Å². The van der Waals surface area contributed by atoms with E-state index in [2.05, 4.69) is 69.1 Å². The van der Waals surface area contributed by atoms with Crippen LogP contribution in [0.5, 0.6) is 0 Å². The first kappa shape index (κ1) is 27.7. The number of ether oxygens (including phenoxy) is 1. The Morgan fingerprint density at radius 2 is 1.67 bits per heavy atom. The number of amides is 1. The van der Waals surface area contributed by atoms with Crippen molar-refractivity contribution in [3.05, 3.63) is 59.5 Å². The number of aromatic amines is 1. The molecule has 1 amide bonds. The topological polar surface area (TPSA) is 76.7 Å². The van der Waals surface area contributed by atoms with Gasteiger partial charge in [-0.15, -0.1) is 0 Å². The fourth-order valence-corrected chi connectivity index (χ4v) is 7.26. The van der Waals surface area contributed by atoms with E-state index < -0.39 is 5.60 Å². The summed E-state index contributed by atoms with van der Waals surface area (Å²) < 4.78 is 18.4. The van der Waals surface area contributed by atoms with Crippen LogP contribution in [0.3, 0.4) is 0 Å². The molecule has 2 unspecified atom stereocenters. The molecule has 3 fully saturated rings. The summed E-state index contributed by atoms with van der Waals surface area (Å²) in [4.78, 5) is 23.5. The lowest BCUT2D eigenvalue weighted by atomic mass is 9.75. The van der Waals surface area contributed by atoms with E-state index >= 15 is 0 Å². The highest BCUT2D eigenvalue weighted by molar-refractivity contribution is 6.62. The number of aryl methyl sites for hydroxylation is 2. The maximum Gasteiger partial charge on any atom is 0.494 e. The minimum Gasteiger partial charge on any atom is -0.444 e. The van der Waals surface area contributed by atoms with Crippen molar-refractivity contribution < 1.29 is 18.8 Å². The van der Waals surface area contributed by atoms with E-state index in [-0.39, 0.29) is 36.5 Å². The molecular formula is C34H42BN3O4. The Bertz CT molecular complexity index is 1540. The number of aromatic nitrogens is 2. The Hall–Kier alpha value is -3.10. The van der Waals surface area contributed by atoms with Crippen LogP contribution in [-0.2, 0) is 26.9 Å². The highest BCUT2D eigenvalue weighted by Gasteiger charge is 2.52. The van der Waals surface area contributed by atoms with Gasteiger partial charge in [-0.3, -0.25) is 4.90 Å². The number of likely N-dealkylation sites (tertiary alicyclic amines) is 1. The van der Waals surface area contributed by atoms with Gasteiger partial charge in [0.25, 0.3) is 0 Å². The van der Waals surface area contributed by atoms with Gasteiger partial charge in [0.15, 0.2) is 0 Å². The van der Waals surface area contributed by atoms with Crippen LogP contribution in [0.4, 0.5) is 4.79 Å². The Balaban J connectivity index is 1.13. The first-order chi connectivity index (χ1) is 19.8. The number of H-pyrrole nitrogens is 1. The molecule has 4 aliphatic rings. The Morgan fingerprint density at radius 1 is 1.00 bits per heavy atom. The molecule has 1 N–H and O–H groups in total. The molecule has 2 aromatic carbocycles. The molecule has 3 atom stereocenters. The zero-order valence-electron chi connectivity index (χ0n) is 25.9. The van der Waals surface area contributed by atoms with Crippen LogP contribution in [0.15, 0.2) is 42.6 Å². The van der Waals surface area contributed by atoms with Crippen molar-refractivity contribution in [2.45, 2.75) is 109 Å². The lowest BCUT2D eigenvalue weighted by Crippen LogP contribution is -2.43. The first-order valence-corrected chi connectivity index (χ1v) is 15.5. The zero-order chi connectivity index (χ0) is 29.6. The predicted molar refractivity (Wildman–Crippen MR) is 165 cm³/mol. The number of hydrogen-bond donors (Lipinski definition) is 1. The van der Waals surface area contributed by atoms with Crippen molar-refractivity contribution in [2.24, 2.45) is 5.92 Å². The zero-order valence-corrected chi connectivity index (χ0v) is 25.9. The molecule has 2 aliphatic heterocycles. The number of nitrogens with zero attached hydrogens (tertiary/aromatic N) is 2. The van der Waals surface area contributed by atoms with Crippen LogP contribution < -0.4 is 5.46 Å². The van der Waals surface area contributed by atoms with Crippen molar-refractivity contribution >= 4 is 18.7 Å². The summed E-state index contributed by atoms with van der Waals surface area (Å²) in [5.74, 6) is 1.28. The Labute approximate surface area is 249 Å². The van der Waals surface area contributed by atoms with E-state index in [0.29, 0.717) is 5.92 Å². The number of rotatable bonds is 3. The minimum absolute atomic E-state index is 0.0602. The van der Waals surface area contributed by atoms with E-state index in [1.54, 1.807) is 0 Å². The predicted octanol–water partition coefficient (Wildman–Crippen LogP) is 6.60. The third-order valence-electron chi connectivity index (χ3n) is 10.1. The fourth-order valence-electron chi connectivity index (χ4n) is 7.26. The fraction of sp³-hybridized carbons (Fsp3) is 0.529. The van der Waals surface area contributed by atoms with Crippen molar-refractivity contribution in [1.82, 2.24) is 14.9 Å².